The number of nitrogens with zero attached hydrogens (tertiary/aromatic N) is 1. The van der Waals surface area contributed by atoms with E-state index in [2.05, 4.69) is 17.1 Å². The van der Waals surface area contributed by atoms with Gasteiger partial charge in [0.25, 0.3) is 5.91 Å². The van der Waals surface area contributed by atoms with Gasteiger partial charge in [0.15, 0.2) is 0 Å². The minimum Gasteiger partial charge on any atom is -0.370 e. The van der Waals surface area contributed by atoms with Gasteiger partial charge in [0, 0.05) is 35.4 Å². The van der Waals surface area contributed by atoms with Crippen LogP contribution in [0, 0.1) is 11.6 Å². The average molecular weight is 334 g/mol. The second-order valence-corrected chi connectivity index (χ2v) is 6.33. The molecule has 1 N–H and O–H groups in total. The van der Waals surface area contributed by atoms with Gasteiger partial charge in [-0.25, -0.2) is 8.78 Å². The van der Waals surface area contributed by atoms with E-state index >= 15 is 0 Å². The predicted octanol–water partition coefficient (Wildman–Crippen LogP) is 4.15. The summed E-state index contributed by atoms with van der Waals surface area (Å²) in [7, 11) is 0. The molecule has 0 spiro atoms. The van der Waals surface area contributed by atoms with Gasteiger partial charge in [-0.2, -0.15) is 0 Å². The number of fused-ring (bicyclic) bond motifs is 1. The van der Waals surface area contributed by atoms with Crippen molar-refractivity contribution in [3.8, 4) is 0 Å². The second-order valence-electron chi connectivity index (χ2n) is 5.19. The van der Waals surface area contributed by atoms with Crippen molar-refractivity contribution >= 4 is 29.0 Å². The molecule has 1 amide bonds. The fraction of sp³-hybridized carbons (Fsp3) is 0.235. The van der Waals surface area contributed by atoms with E-state index in [4.69, 9.17) is 0 Å². The zero-order valence-electron chi connectivity index (χ0n) is 12.6. The fourth-order valence-electron chi connectivity index (χ4n) is 2.53. The molecule has 2 aromatic rings. The molecule has 0 unspecified atom stereocenters. The molecule has 0 saturated heterocycles. The smallest absolute Gasteiger partial charge is 0.255 e. The van der Waals surface area contributed by atoms with Crippen LogP contribution in [0.25, 0.3) is 0 Å². The minimum atomic E-state index is -0.790. The van der Waals surface area contributed by atoms with Crippen LogP contribution in [0.15, 0.2) is 41.3 Å². The van der Waals surface area contributed by atoms with E-state index in [1.165, 1.54) is 6.07 Å². The van der Waals surface area contributed by atoms with Crippen LogP contribution in [0.1, 0.15) is 17.3 Å². The van der Waals surface area contributed by atoms with Crippen LogP contribution in [0.4, 0.5) is 20.2 Å². The lowest BCUT2D eigenvalue weighted by atomic mass is 10.1. The van der Waals surface area contributed by atoms with Gasteiger partial charge >= 0.3 is 0 Å². The summed E-state index contributed by atoms with van der Waals surface area (Å²) in [6.45, 7) is 3.87. The summed E-state index contributed by atoms with van der Waals surface area (Å²) in [4.78, 5) is 15.7. The summed E-state index contributed by atoms with van der Waals surface area (Å²) in [5.41, 5.74) is 1.44. The van der Waals surface area contributed by atoms with E-state index in [0.717, 1.165) is 41.6 Å². The monoisotopic (exact) mass is 334 g/mol. The predicted molar refractivity (Wildman–Crippen MR) is 89.4 cm³/mol. The van der Waals surface area contributed by atoms with E-state index in [0.29, 0.717) is 5.56 Å². The molecule has 1 heterocycles. The summed E-state index contributed by atoms with van der Waals surface area (Å²) in [5, 5.41) is 2.49. The van der Waals surface area contributed by atoms with Crippen molar-refractivity contribution in [1.82, 2.24) is 0 Å². The third-order valence-electron chi connectivity index (χ3n) is 3.74. The minimum absolute atomic E-state index is 0.0316. The van der Waals surface area contributed by atoms with E-state index in [1.54, 1.807) is 17.8 Å². The van der Waals surface area contributed by atoms with Gasteiger partial charge in [0.05, 0.1) is 11.4 Å². The highest BCUT2D eigenvalue weighted by Gasteiger charge is 2.18. The molecule has 0 fully saturated rings. The Kier molecular flexibility index (Phi) is 4.52. The quantitative estimate of drug-likeness (QED) is 0.915. The van der Waals surface area contributed by atoms with Crippen LogP contribution in [-0.2, 0) is 0 Å². The lowest BCUT2D eigenvalue weighted by Gasteiger charge is -2.30. The number of hydrogen-bond donors (Lipinski definition) is 1. The Morgan fingerprint density at radius 1 is 1.26 bits per heavy atom. The fourth-order valence-corrected chi connectivity index (χ4v) is 3.56. The topological polar surface area (TPSA) is 32.3 Å². The molecule has 0 radical (unpaired) electrons. The van der Waals surface area contributed by atoms with E-state index < -0.39 is 17.5 Å². The Bertz CT molecular complexity index is 751. The SMILES string of the molecule is CCN1CCSc2ccc(C(=O)Nc3ccc(F)cc3F)cc21. The zero-order chi connectivity index (χ0) is 16.4. The van der Waals surface area contributed by atoms with E-state index in [9.17, 15) is 13.6 Å². The van der Waals surface area contributed by atoms with Crippen LogP contribution in [0.2, 0.25) is 0 Å². The van der Waals surface area contributed by atoms with Gasteiger partial charge in [-0.1, -0.05) is 0 Å². The van der Waals surface area contributed by atoms with Crippen molar-refractivity contribution in [3.63, 3.8) is 0 Å². The number of amides is 1. The molecule has 1 aliphatic rings. The zero-order valence-corrected chi connectivity index (χ0v) is 13.4. The van der Waals surface area contributed by atoms with Crippen molar-refractivity contribution in [2.24, 2.45) is 0 Å². The molecule has 3 nitrogen and oxygen atoms in total. The van der Waals surface area contributed by atoms with Crippen LogP contribution in [-0.4, -0.2) is 24.7 Å². The number of benzene rings is 2. The lowest BCUT2D eigenvalue weighted by Crippen LogP contribution is -2.29. The molecule has 2 aromatic carbocycles. The maximum atomic E-state index is 13.7. The van der Waals surface area contributed by atoms with Gasteiger partial charge in [0.2, 0.25) is 0 Å². The average Bonchev–Trinajstić information content (AvgIpc) is 2.56. The van der Waals surface area contributed by atoms with Crippen molar-refractivity contribution in [3.05, 3.63) is 53.6 Å². The van der Waals surface area contributed by atoms with E-state index in [-0.39, 0.29) is 5.69 Å². The molecule has 0 bridgehead atoms. The van der Waals surface area contributed by atoms with Crippen LogP contribution in [0.3, 0.4) is 0 Å². The number of hydrogen-bond acceptors (Lipinski definition) is 3. The molecule has 120 valence electrons. The number of nitrogens with one attached hydrogen (secondary N) is 1. The lowest BCUT2D eigenvalue weighted by molar-refractivity contribution is 0.102. The third-order valence-corrected chi connectivity index (χ3v) is 4.78. The van der Waals surface area contributed by atoms with Crippen molar-refractivity contribution in [2.75, 3.05) is 29.1 Å². The molecule has 1 aliphatic heterocycles. The first kappa shape index (κ1) is 15.8. The molecular formula is C17H16F2N2OS. The maximum Gasteiger partial charge on any atom is 0.255 e. The molecule has 3 rings (SSSR count). The second kappa shape index (κ2) is 6.58. The first-order valence-electron chi connectivity index (χ1n) is 7.36. The summed E-state index contributed by atoms with van der Waals surface area (Å²) in [6.07, 6.45) is 0. The number of thioether (sulfide) groups is 1. The molecule has 23 heavy (non-hydrogen) atoms. The highest BCUT2D eigenvalue weighted by molar-refractivity contribution is 7.99. The highest BCUT2D eigenvalue weighted by atomic mass is 32.2. The number of rotatable bonds is 3. The number of anilines is 2. The Balaban J connectivity index is 1.85. The molecule has 0 aliphatic carbocycles. The molecule has 0 saturated carbocycles. The molecular weight excluding hydrogens is 318 g/mol. The Morgan fingerprint density at radius 2 is 2.09 bits per heavy atom. The first-order chi connectivity index (χ1) is 11.1. The van der Waals surface area contributed by atoms with Gasteiger partial charge in [-0.3, -0.25) is 4.79 Å². The largest absolute Gasteiger partial charge is 0.370 e. The maximum absolute atomic E-state index is 13.7. The number of carbonyl (C=O) groups excluding carboxylic acids is 1. The third kappa shape index (κ3) is 3.32. The van der Waals surface area contributed by atoms with Crippen LogP contribution in [0.5, 0.6) is 0 Å². The summed E-state index contributed by atoms with van der Waals surface area (Å²) < 4.78 is 26.6. The summed E-state index contributed by atoms with van der Waals surface area (Å²) >= 11 is 1.76. The molecule has 6 heteroatoms. The normalized spacial score (nSPS) is 13.6. The van der Waals surface area contributed by atoms with E-state index in [1.807, 2.05) is 12.1 Å². The van der Waals surface area contributed by atoms with Crippen molar-refractivity contribution < 1.29 is 13.6 Å². The van der Waals surface area contributed by atoms with Crippen LogP contribution < -0.4 is 10.2 Å². The highest BCUT2D eigenvalue weighted by Crippen LogP contribution is 2.35. The Morgan fingerprint density at radius 3 is 2.83 bits per heavy atom. The molecule has 0 atom stereocenters. The van der Waals surface area contributed by atoms with Crippen molar-refractivity contribution in [2.45, 2.75) is 11.8 Å². The van der Waals surface area contributed by atoms with Crippen LogP contribution >= 0.6 is 11.8 Å². The van der Waals surface area contributed by atoms with Gasteiger partial charge in [-0.05, 0) is 37.3 Å². The van der Waals surface area contributed by atoms with Gasteiger partial charge in [0.1, 0.15) is 11.6 Å². The van der Waals surface area contributed by atoms with Gasteiger partial charge < -0.3 is 10.2 Å². The Hall–Kier alpha value is -2.08. The number of carbonyl (C=O) groups is 1. The summed E-state index contributed by atoms with van der Waals surface area (Å²) in [6, 6.07) is 8.54. The van der Waals surface area contributed by atoms with Crippen molar-refractivity contribution in [1.29, 1.82) is 0 Å². The standard InChI is InChI=1S/C17H16F2N2OS/c1-2-21-7-8-23-16-6-3-11(9-15(16)21)17(22)20-14-5-4-12(18)10-13(14)19/h3-6,9-10H,2,7-8H2,1H3,(H,20,22). The first-order valence-corrected chi connectivity index (χ1v) is 8.35. The number of halogens is 2. The summed E-state index contributed by atoms with van der Waals surface area (Å²) in [5.74, 6) is -0.857. The molecule has 0 aromatic heterocycles. The van der Waals surface area contributed by atoms with Gasteiger partial charge in [-0.15, -0.1) is 11.8 Å². The Labute approximate surface area is 137 Å².